The molecule has 2 aromatic carbocycles. The van der Waals surface area contributed by atoms with Crippen LogP contribution in [-0.2, 0) is 0 Å². The number of phenols is 2. The number of ether oxygens (including phenoxy) is 2. The molecule has 11 nitrogen and oxygen atoms in total. The van der Waals surface area contributed by atoms with Gasteiger partial charge in [0.2, 0.25) is 0 Å². The summed E-state index contributed by atoms with van der Waals surface area (Å²) in [5, 5.41) is 27.9. The molecule has 11 heteroatoms. The van der Waals surface area contributed by atoms with Crippen molar-refractivity contribution in [1.82, 2.24) is 10.9 Å². The number of phenolic OH excluding ortho intramolecular Hbond substituents is 2. The van der Waals surface area contributed by atoms with Crippen molar-refractivity contribution in [3.63, 3.8) is 0 Å². The monoisotopic (exact) mass is 480 g/mol. The number of nitrogens with one attached hydrogen (secondary N) is 2. The van der Waals surface area contributed by atoms with Crippen LogP contribution in [0.2, 0.25) is 0 Å². The topological polar surface area (TPSA) is 155 Å². The van der Waals surface area contributed by atoms with Gasteiger partial charge in [0.25, 0.3) is 0 Å². The Balaban J connectivity index is 1.58. The predicted molar refractivity (Wildman–Crippen MR) is 127 cm³/mol. The van der Waals surface area contributed by atoms with Crippen molar-refractivity contribution in [3.8, 4) is 23.0 Å². The van der Waals surface area contributed by atoms with Gasteiger partial charge in [0, 0.05) is 11.1 Å². The molecular formula is C24H24N4O7. The molecule has 1 aromatic heterocycles. The lowest BCUT2D eigenvalue weighted by molar-refractivity contribution is 0.0902. The van der Waals surface area contributed by atoms with Crippen LogP contribution in [-0.4, -0.2) is 47.7 Å². The van der Waals surface area contributed by atoms with Crippen molar-refractivity contribution in [3.05, 3.63) is 71.2 Å². The molecule has 3 rings (SSSR count). The van der Waals surface area contributed by atoms with E-state index in [0.29, 0.717) is 35.8 Å². The number of hydrazone groups is 2. The Bertz CT molecular complexity index is 1160. The predicted octanol–water partition coefficient (Wildman–Crippen LogP) is 3.02. The first-order valence-electron chi connectivity index (χ1n) is 10.6. The van der Waals surface area contributed by atoms with Crippen LogP contribution in [0.1, 0.15) is 46.1 Å². The van der Waals surface area contributed by atoms with Gasteiger partial charge in [-0.1, -0.05) is 12.1 Å². The van der Waals surface area contributed by atoms with Crippen molar-refractivity contribution in [2.75, 3.05) is 13.2 Å². The molecule has 0 unspecified atom stereocenters. The highest BCUT2D eigenvalue weighted by Crippen LogP contribution is 2.29. The number of hydrogen-bond donors (Lipinski definition) is 4. The lowest BCUT2D eigenvalue weighted by Crippen LogP contribution is -2.18. The molecule has 0 aliphatic carbocycles. The van der Waals surface area contributed by atoms with E-state index in [2.05, 4.69) is 21.1 Å². The molecule has 182 valence electrons. The van der Waals surface area contributed by atoms with E-state index in [1.165, 1.54) is 24.6 Å². The molecule has 0 saturated carbocycles. The molecule has 1 heterocycles. The first-order valence-corrected chi connectivity index (χ1v) is 10.6. The summed E-state index contributed by atoms with van der Waals surface area (Å²) in [6, 6.07) is 12.3. The standard InChI is InChI=1S/C24H24N4O7/c1-3-33-17-9-5-7-15(21(17)29)13-25-27-23(31)19-11-12-20(35-19)24(32)28-26-14-16-8-6-10-18(22(16)30)34-4-2/h5-14,29-30H,3-4H2,1-2H3,(H,27,31)(H,28,32). The SMILES string of the molecule is CCOc1cccc(C=NNC(=O)c2ccc(C(=O)NN=Cc3cccc(OCC)c3O)o2)c1O. The van der Waals surface area contributed by atoms with Crippen molar-refractivity contribution in [1.29, 1.82) is 0 Å². The van der Waals surface area contributed by atoms with Crippen LogP contribution >= 0.6 is 0 Å². The number of nitrogens with zero attached hydrogens (tertiary/aromatic N) is 2. The second kappa shape index (κ2) is 11.9. The number of para-hydroxylation sites is 2. The molecule has 4 N–H and O–H groups in total. The van der Waals surface area contributed by atoms with Crippen LogP contribution in [0.4, 0.5) is 0 Å². The molecule has 0 fully saturated rings. The van der Waals surface area contributed by atoms with Gasteiger partial charge >= 0.3 is 11.8 Å². The van der Waals surface area contributed by atoms with E-state index >= 15 is 0 Å². The summed E-state index contributed by atoms with van der Waals surface area (Å²) in [7, 11) is 0. The number of hydrogen-bond acceptors (Lipinski definition) is 9. The summed E-state index contributed by atoms with van der Waals surface area (Å²) in [5.74, 6) is -1.36. The molecule has 0 bridgehead atoms. The van der Waals surface area contributed by atoms with E-state index in [0.717, 1.165) is 0 Å². The first kappa shape index (κ1) is 24.8. The quantitative estimate of drug-likeness (QED) is 0.257. The first-order chi connectivity index (χ1) is 16.9. The molecule has 0 aliphatic heterocycles. The lowest BCUT2D eigenvalue weighted by atomic mass is 10.2. The van der Waals surface area contributed by atoms with E-state index < -0.39 is 11.8 Å². The minimum atomic E-state index is -0.707. The van der Waals surface area contributed by atoms with Gasteiger partial charge in [0.05, 0.1) is 25.6 Å². The summed E-state index contributed by atoms with van der Waals surface area (Å²) in [4.78, 5) is 24.5. The normalized spacial score (nSPS) is 11.0. The summed E-state index contributed by atoms with van der Waals surface area (Å²) >= 11 is 0. The fourth-order valence-corrected chi connectivity index (χ4v) is 2.84. The highest BCUT2D eigenvalue weighted by molar-refractivity contribution is 5.96. The fourth-order valence-electron chi connectivity index (χ4n) is 2.84. The Labute approximate surface area is 200 Å². The van der Waals surface area contributed by atoms with E-state index in [1.807, 2.05) is 0 Å². The maximum atomic E-state index is 12.2. The van der Waals surface area contributed by atoms with E-state index in [-0.39, 0.29) is 23.0 Å². The molecule has 0 atom stereocenters. The molecule has 0 saturated heterocycles. The number of furan rings is 1. The highest BCUT2D eigenvalue weighted by Gasteiger charge is 2.15. The maximum Gasteiger partial charge on any atom is 0.307 e. The van der Waals surface area contributed by atoms with Crippen molar-refractivity contribution >= 4 is 24.2 Å². The Morgan fingerprint density at radius 3 is 1.63 bits per heavy atom. The number of carbonyl (C=O) groups is 2. The number of carbonyl (C=O) groups excluding carboxylic acids is 2. The molecule has 0 radical (unpaired) electrons. The van der Waals surface area contributed by atoms with Crippen molar-refractivity contribution in [2.45, 2.75) is 13.8 Å². The number of amides is 2. The van der Waals surface area contributed by atoms with Crippen molar-refractivity contribution in [2.24, 2.45) is 10.2 Å². The number of benzene rings is 2. The van der Waals surface area contributed by atoms with Gasteiger partial charge in [0.1, 0.15) is 0 Å². The summed E-state index contributed by atoms with van der Waals surface area (Å²) in [5.41, 5.74) is 5.18. The second-order valence-electron chi connectivity index (χ2n) is 6.82. The Hall–Kier alpha value is -4.80. The smallest absolute Gasteiger partial charge is 0.307 e. The Morgan fingerprint density at radius 2 is 1.23 bits per heavy atom. The van der Waals surface area contributed by atoms with Crippen LogP contribution in [0.15, 0.2) is 63.2 Å². The molecule has 3 aromatic rings. The molecule has 0 spiro atoms. The van der Waals surface area contributed by atoms with Crippen LogP contribution in [0.25, 0.3) is 0 Å². The molecular weight excluding hydrogens is 456 g/mol. The fraction of sp³-hybridized carbons (Fsp3) is 0.167. The summed E-state index contributed by atoms with van der Waals surface area (Å²) in [6.45, 7) is 4.34. The number of aromatic hydroxyl groups is 2. The van der Waals surface area contributed by atoms with E-state index in [9.17, 15) is 19.8 Å². The third-order valence-electron chi connectivity index (χ3n) is 4.45. The zero-order chi connectivity index (χ0) is 25.2. The zero-order valence-electron chi connectivity index (χ0n) is 19.0. The van der Waals surface area contributed by atoms with Crippen molar-refractivity contribution < 1.29 is 33.7 Å². The van der Waals surface area contributed by atoms with E-state index in [4.69, 9.17) is 13.9 Å². The van der Waals surface area contributed by atoms with Gasteiger partial charge in [-0.05, 0) is 50.2 Å². The van der Waals surface area contributed by atoms with Gasteiger partial charge in [0.15, 0.2) is 34.5 Å². The van der Waals surface area contributed by atoms with Gasteiger partial charge in [-0.3, -0.25) is 9.59 Å². The lowest BCUT2D eigenvalue weighted by Gasteiger charge is -2.07. The van der Waals surface area contributed by atoms with Gasteiger partial charge in [-0.25, -0.2) is 10.9 Å². The van der Waals surface area contributed by atoms with Gasteiger partial charge < -0.3 is 24.1 Å². The Kier molecular flexibility index (Phi) is 8.43. The van der Waals surface area contributed by atoms with Crippen LogP contribution in [0, 0.1) is 0 Å². The van der Waals surface area contributed by atoms with Crippen LogP contribution in [0.5, 0.6) is 23.0 Å². The average Bonchev–Trinajstić information content (AvgIpc) is 3.34. The van der Waals surface area contributed by atoms with Crippen LogP contribution < -0.4 is 20.3 Å². The molecule has 0 aliphatic rings. The van der Waals surface area contributed by atoms with E-state index in [1.54, 1.807) is 50.2 Å². The molecule has 35 heavy (non-hydrogen) atoms. The van der Waals surface area contributed by atoms with Gasteiger partial charge in [-0.2, -0.15) is 10.2 Å². The minimum absolute atomic E-state index is 0.109. The second-order valence-corrected chi connectivity index (χ2v) is 6.82. The third-order valence-corrected chi connectivity index (χ3v) is 4.45. The molecule has 2 amide bonds. The number of rotatable bonds is 10. The minimum Gasteiger partial charge on any atom is -0.504 e. The van der Waals surface area contributed by atoms with Gasteiger partial charge in [-0.15, -0.1) is 0 Å². The maximum absolute atomic E-state index is 12.2. The zero-order valence-corrected chi connectivity index (χ0v) is 19.0. The highest BCUT2D eigenvalue weighted by atomic mass is 16.5. The average molecular weight is 480 g/mol. The largest absolute Gasteiger partial charge is 0.504 e. The summed E-state index contributed by atoms with van der Waals surface area (Å²) in [6.07, 6.45) is 2.49. The summed E-state index contributed by atoms with van der Waals surface area (Å²) < 4.78 is 15.8. The van der Waals surface area contributed by atoms with Crippen LogP contribution in [0.3, 0.4) is 0 Å². The Morgan fingerprint density at radius 1 is 0.800 bits per heavy atom. The third kappa shape index (κ3) is 6.38.